The predicted octanol–water partition coefficient (Wildman–Crippen LogP) is 4.11. The van der Waals surface area contributed by atoms with E-state index in [-0.39, 0.29) is 0 Å². The summed E-state index contributed by atoms with van der Waals surface area (Å²) < 4.78 is 82.2. The molecular weight excluding hydrogens is 370 g/mol. The summed E-state index contributed by atoms with van der Waals surface area (Å²) in [7, 11) is -7.91. The Morgan fingerprint density at radius 2 is 0.885 bits per heavy atom. The molecule has 2 heterocycles. The van der Waals surface area contributed by atoms with Crippen LogP contribution in [0, 0.1) is 0 Å². The van der Waals surface area contributed by atoms with Crippen LogP contribution in [0.4, 0.5) is 34.5 Å². The third-order valence-electron chi connectivity index (χ3n) is 2.61. The molecule has 0 radical (unpaired) electrons. The maximum Gasteiger partial charge on any atom is 0.673 e. The van der Waals surface area contributed by atoms with E-state index in [0.717, 1.165) is 0 Å². The Morgan fingerprint density at radius 3 is 1.12 bits per heavy atom. The van der Waals surface area contributed by atoms with Crippen LogP contribution in [0.1, 0.15) is 11.4 Å². The Kier molecular flexibility index (Phi) is 9.60. The lowest BCUT2D eigenvalue weighted by atomic mass is 10.2. The molecule has 26 heavy (non-hydrogen) atoms. The predicted molar refractivity (Wildman–Crippen MR) is 84.5 cm³/mol. The van der Waals surface area contributed by atoms with Gasteiger partial charge in [0.2, 0.25) is 11.4 Å². The zero-order chi connectivity index (χ0) is 20.4. The lowest BCUT2D eigenvalue weighted by Gasteiger charge is -1.94. The minimum absolute atomic E-state index is 1.19. The number of aromatic nitrogens is 2. The standard InChI is InChI=1S/C14H16N2.2BF4/c1-15-11-5-3-7-13(15)9-10-14-8-4-6-12-16(14)2;2*2-1(3,4)5/h3-12H,1-2H3;;/q+2;2*-1/b10-9+;;. The molecule has 144 valence electrons. The molecule has 0 unspecified atom stereocenters. The summed E-state index contributed by atoms with van der Waals surface area (Å²) in [5.74, 6) is 0. The Morgan fingerprint density at radius 1 is 0.615 bits per heavy atom. The van der Waals surface area contributed by atoms with E-state index in [1.807, 2.05) is 50.8 Å². The molecule has 0 aromatic carbocycles. The van der Waals surface area contributed by atoms with Gasteiger partial charge in [0.25, 0.3) is 0 Å². The molecule has 2 nitrogen and oxygen atoms in total. The number of rotatable bonds is 2. The van der Waals surface area contributed by atoms with Crippen LogP contribution in [0.3, 0.4) is 0 Å². The summed E-state index contributed by atoms with van der Waals surface area (Å²) in [6.45, 7) is 0. The maximum atomic E-state index is 9.75. The summed E-state index contributed by atoms with van der Waals surface area (Å²) in [6.07, 6.45) is 8.33. The molecule has 0 spiro atoms. The van der Waals surface area contributed by atoms with Crippen molar-refractivity contribution in [3.8, 4) is 0 Å². The van der Waals surface area contributed by atoms with Crippen molar-refractivity contribution in [1.82, 2.24) is 0 Å². The number of pyridine rings is 2. The second kappa shape index (κ2) is 10.6. The van der Waals surface area contributed by atoms with E-state index in [1.165, 1.54) is 11.4 Å². The van der Waals surface area contributed by atoms with E-state index in [1.54, 1.807) is 0 Å². The van der Waals surface area contributed by atoms with Gasteiger partial charge in [0, 0.05) is 36.4 Å². The fourth-order valence-corrected chi connectivity index (χ4v) is 1.59. The summed E-state index contributed by atoms with van der Waals surface area (Å²) in [5.41, 5.74) is 2.37. The highest BCUT2D eigenvalue weighted by Gasteiger charge is 2.21. The highest BCUT2D eigenvalue weighted by atomic mass is 19.5. The fourth-order valence-electron chi connectivity index (χ4n) is 1.59. The quantitative estimate of drug-likeness (QED) is 0.417. The van der Waals surface area contributed by atoms with Crippen molar-refractivity contribution in [2.24, 2.45) is 14.1 Å². The molecule has 0 aliphatic heterocycles. The molecular formula is C14H16B2F8N2. The fraction of sp³-hybridized carbons (Fsp3) is 0.143. The van der Waals surface area contributed by atoms with Gasteiger partial charge >= 0.3 is 14.5 Å². The van der Waals surface area contributed by atoms with Gasteiger partial charge in [-0.15, -0.1) is 0 Å². The zero-order valence-corrected chi connectivity index (χ0v) is 13.8. The van der Waals surface area contributed by atoms with Crippen molar-refractivity contribution in [3.05, 3.63) is 60.2 Å². The van der Waals surface area contributed by atoms with Crippen LogP contribution < -0.4 is 9.13 Å². The monoisotopic (exact) mass is 386 g/mol. The van der Waals surface area contributed by atoms with Crippen molar-refractivity contribution < 1.29 is 43.7 Å². The van der Waals surface area contributed by atoms with Gasteiger partial charge in [-0.2, -0.15) is 0 Å². The summed E-state index contributed by atoms with van der Waals surface area (Å²) >= 11 is 0. The van der Waals surface area contributed by atoms with Crippen LogP contribution in [0.5, 0.6) is 0 Å². The van der Waals surface area contributed by atoms with Gasteiger partial charge in [-0.3, -0.25) is 0 Å². The first-order valence-corrected chi connectivity index (χ1v) is 7.09. The van der Waals surface area contributed by atoms with Gasteiger partial charge in [-0.1, -0.05) is 0 Å². The molecule has 2 aromatic rings. The smallest absolute Gasteiger partial charge is 0.418 e. The van der Waals surface area contributed by atoms with Crippen LogP contribution >= 0.6 is 0 Å². The van der Waals surface area contributed by atoms with Gasteiger partial charge < -0.3 is 34.5 Å². The largest absolute Gasteiger partial charge is 0.673 e. The Hall–Kier alpha value is -2.39. The molecule has 0 fully saturated rings. The first kappa shape index (κ1) is 23.6. The van der Waals surface area contributed by atoms with E-state index >= 15 is 0 Å². The minimum atomic E-state index is -6.00. The second-order valence-electron chi connectivity index (χ2n) is 4.80. The Balaban J connectivity index is 0.000000520. The van der Waals surface area contributed by atoms with Crippen molar-refractivity contribution in [2.45, 2.75) is 0 Å². The molecule has 0 amide bonds. The number of nitrogens with zero attached hydrogens (tertiary/aromatic N) is 2. The molecule has 0 bridgehead atoms. The highest BCUT2D eigenvalue weighted by molar-refractivity contribution is 6.50. The SMILES string of the molecule is C[n+]1ccccc1/C=C/c1cccc[n+]1C.F[B-](F)(F)F.F[B-](F)(F)F. The van der Waals surface area contributed by atoms with Gasteiger partial charge in [0.05, 0.1) is 0 Å². The van der Waals surface area contributed by atoms with Gasteiger partial charge in [0.15, 0.2) is 12.4 Å². The van der Waals surface area contributed by atoms with E-state index < -0.39 is 14.5 Å². The van der Waals surface area contributed by atoms with Gasteiger partial charge in [-0.05, 0) is 12.1 Å². The number of hydrogen-bond donors (Lipinski definition) is 0. The molecule has 0 saturated carbocycles. The van der Waals surface area contributed by atoms with E-state index in [4.69, 9.17) is 0 Å². The molecule has 12 heteroatoms. The molecule has 0 aliphatic rings. The Bertz CT molecular complexity index is 630. The van der Waals surface area contributed by atoms with Gasteiger partial charge in [0.1, 0.15) is 14.1 Å². The van der Waals surface area contributed by atoms with Crippen molar-refractivity contribution in [2.75, 3.05) is 0 Å². The Labute approximate surface area is 145 Å². The van der Waals surface area contributed by atoms with Crippen LogP contribution in [0.25, 0.3) is 12.2 Å². The molecule has 2 rings (SSSR count). The average molecular weight is 386 g/mol. The molecule has 0 aliphatic carbocycles. The normalized spacial score (nSPS) is 11.3. The van der Waals surface area contributed by atoms with Crippen LogP contribution in [-0.2, 0) is 14.1 Å². The lowest BCUT2D eigenvalue weighted by molar-refractivity contribution is -0.674. The summed E-state index contributed by atoms with van der Waals surface area (Å²) in [5, 5.41) is 0. The van der Waals surface area contributed by atoms with Crippen molar-refractivity contribution in [3.63, 3.8) is 0 Å². The molecule has 0 atom stereocenters. The van der Waals surface area contributed by atoms with Crippen molar-refractivity contribution >= 4 is 26.7 Å². The summed E-state index contributed by atoms with van der Waals surface area (Å²) in [6, 6.07) is 12.3. The molecule has 0 saturated heterocycles. The van der Waals surface area contributed by atoms with Crippen molar-refractivity contribution in [1.29, 1.82) is 0 Å². The maximum absolute atomic E-state index is 9.75. The first-order valence-electron chi connectivity index (χ1n) is 7.09. The average Bonchev–Trinajstić information content (AvgIpc) is 2.44. The van der Waals surface area contributed by atoms with E-state index in [2.05, 4.69) is 33.4 Å². The van der Waals surface area contributed by atoms with Gasteiger partial charge in [-0.25, -0.2) is 9.13 Å². The number of aryl methyl sites for hydroxylation is 2. The van der Waals surface area contributed by atoms with Crippen LogP contribution in [0.2, 0.25) is 0 Å². The van der Waals surface area contributed by atoms with Crippen LogP contribution in [-0.4, -0.2) is 14.5 Å². The second-order valence-corrected chi connectivity index (χ2v) is 4.80. The highest BCUT2D eigenvalue weighted by Crippen LogP contribution is 2.07. The lowest BCUT2D eigenvalue weighted by Crippen LogP contribution is -2.31. The first-order chi connectivity index (χ1) is 11.8. The number of halogens is 8. The minimum Gasteiger partial charge on any atom is -0.418 e. The third kappa shape index (κ3) is 15.2. The topological polar surface area (TPSA) is 7.76 Å². The van der Waals surface area contributed by atoms with E-state index in [9.17, 15) is 34.5 Å². The molecule has 2 aromatic heterocycles. The van der Waals surface area contributed by atoms with E-state index in [0.29, 0.717) is 0 Å². The van der Waals surface area contributed by atoms with Crippen LogP contribution in [0.15, 0.2) is 48.8 Å². The molecule has 0 N–H and O–H groups in total. The summed E-state index contributed by atoms with van der Waals surface area (Å²) in [4.78, 5) is 0. The zero-order valence-electron chi connectivity index (χ0n) is 13.8. The number of hydrogen-bond acceptors (Lipinski definition) is 0. The third-order valence-corrected chi connectivity index (χ3v) is 2.61.